The third-order valence-electron chi connectivity index (χ3n) is 4.95. The van der Waals surface area contributed by atoms with Crippen LogP contribution in [0.15, 0.2) is 54.6 Å². The maximum absolute atomic E-state index is 12.3. The van der Waals surface area contributed by atoms with Gasteiger partial charge in [-0.05, 0) is 41.5 Å². The Bertz CT molecular complexity index is 955. The molecule has 4 rings (SSSR count). The topological polar surface area (TPSA) is 94.4 Å². The Morgan fingerprint density at radius 3 is 2.61 bits per heavy atom. The Morgan fingerprint density at radius 2 is 1.84 bits per heavy atom. The summed E-state index contributed by atoms with van der Waals surface area (Å²) in [6.45, 7) is 4.80. The van der Waals surface area contributed by atoms with Crippen LogP contribution < -0.4 is 10.1 Å². The van der Waals surface area contributed by atoms with Crippen molar-refractivity contribution >= 4 is 11.6 Å². The monoisotopic (exact) mass is 422 g/mol. The smallest absolute Gasteiger partial charge is 0.248 e. The van der Waals surface area contributed by atoms with Gasteiger partial charge in [-0.25, -0.2) is 0 Å². The molecule has 9 nitrogen and oxygen atoms in total. The third-order valence-corrected chi connectivity index (χ3v) is 4.95. The standard InChI is InChI=1S/C22H26N6O3/c29-22(16-28-25-21(24-26-28)17-31-20-4-2-1-3-5-20)23-19-8-6-18(7-9-19)10-11-27-12-14-30-15-13-27/h1-9H,10-17H2,(H,23,29). The zero-order valence-electron chi connectivity index (χ0n) is 17.3. The molecule has 0 bridgehead atoms. The molecule has 0 radical (unpaired) electrons. The second-order valence-electron chi connectivity index (χ2n) is 7.29. The SMILES string of the molecule is O=C(Cn1nnc(COc2ccccc2)n1)Nc1ccc(CCN2CCOCC2)cc1. The van der Waals surface area contributed by atoms with Crippen LogP contribution in [0.1, 0.15) is 11.4 Å². The van der Waals surface area contributed by atoms with Crippen LogP contribution in [-0.4, -0.2) is 63.9 Å². The maximum Gasteiger partial charge on any atom is 0.248 e. The number of morpholine rings is 1. The van der Waals surface area contributed by atoms with Gasteiger partial charge in [0.1, 0.15) is 12.3 Å². The van der Waals surface area contributed by atoms with Crippen LogP contribution in [-0.2, 0) is 29.1 Å². The normalized spacial score (nSPS) is 14.3. The molecule has 0 saturated carbocycles. The second-order valence-corrected chi connectivity index (χ2v) is 7.29. The predicted octanol–water partition coefficient (Wildman–Crippen LogP) is 1.77. The maximum atomic E-state index is 12.3. The third kappa shape index (κ3) is 6.59. The van der Waals surface area contributed by atoms with Gasteiger partial charge in [0.05, 0.1) is 13.2 Å². The van der Waals surface area contributed by atoms with E-state index in [1.165, 1.54) is 10.4 Å². The molecule has 162 valence electrons. The lowest BCUT2D eigenvalue weighted by Gasteiger charge is -2.26. The van der Waals surface area contributed by atoms with E-state index < -0.39 is 0 Å². The Morgan fingerprint density at radius 1 is 1.06 bits per heavy atom. The molecule has 1 N–H and O–H groups in total. The Kier molecular flexibility index (Phi) is 7.20. The van der Waals surface area contributed by atoms with Crippen molar-refractivity contribution in [2.45, 2.75) is 19.6 Å². The first kappa shape index (κ1) is 21.0. The number of nitrogens with one attached hydrogen (secondary N) is 1. The summed E-state index contributed by atoms with van der Waals surface area (Å²) in [5.41, 5.74) is 1.98. The van der Waals surface area contributed by atoms with Gasteiger partial charge in [0.25, 0.3) is 0 Å². The van der Waals surface area contributed by atoms with Gasteiger partial charge in [0, 0.05) is 25.3 Å². The molecule has 1 aliphatic heterocycles. The molecule has 3 aromatic rings. The molecule has 0 atom stereocenters. The summed E-state index contributed by atoms with van der Waals surface area (Å²) in [6.07, 6.45) is 0.977. The second kappa shape index (κ2) is 10.6. The fourth-order valence-corrected chi connectivity index (χ4v) is 3.26. The first-order valence-electron chi connectivity index (χ1n) is 10.4. The highest BCUT2D eigenvalue weighted by Crippen LogP contribution is 2.12. The summed E-state index contributed by atoms with van der Waals surface area (Å²) in [5, 5.41) is 14.9. The van der Waals surface area contributed by atoms with E-state index in [0.29, 0.717) is 5.82 Å². The zero-order valence-corrected chi connectivity index (χ0v) is 17.3. The van der Waals surface area contributed by atoms with Crippen LogP contribution in [0.5, 0.6) is 5.75 Å². The lowest BCUT2D eigenvalue weighted by molar-refractivity contribution is -0.117. The van der Waals surface area contributed by atoms with Gasteiger partial charge in [0.15, 0.2) is 6.61 Å². The highest BCUT2D eigenvalue weighted by molar-refractivity contribution is 5.90. The van der Waals surface area contributed by atoms with Crippen molar-refractivity contribution in [3.05, 3.63) is 66.0 Å². The van der Waals surface area contributed by atoms with Crippen LogP contribution in [0, 0.1) is 0 Å². The number of rotatable bonds is 9. The minimum absolute atomic E-state index is 0.0167. The van der Waals surface area contributed by atoms with Crippen molar-refractivity contribution in [1.82, 2.24) is 25.1 Å². The summed E-state index contributed by atoms with van der Waals surface area (Å²) in [5.74, 6) is 0.931. The lowest BCUT2D eigenvalue weighted by atomic mass is 10.1. The number of aromatic nitrogens is 4. The Labute approximate surface area is 181 Å². The summed E-state index contributed by atoms with van der Waals surface area (Å²) in [7, 11) is 0. The molecular weight excluding hydrogens is 396 g/mol. The summed E-state index contributed by atoms with van der Waals surface area (Å²) < 4.78 is 11.0. The molecule has 1 amide bonds. The number of nitrogens with zero attached hydrogens (tertiary/aromatic N) is 5. The number of anilines is 1. The van der Waals surface area contributed by atoms with Crippen molar-refractivity contribution in [1.29, 1.82) is 0 Å². The van der Waals surface area contributed by atoms with E-state index in [-0.39, 0.29) is 19.1 Å². The summed E-state index contributed by atoms with van der Waals surface area (Å²) >= 11 is 0. The quantitative estimate of drug-likeness (QED) is 0.562. The average Bonchev–Trinajstić information content (AvgIpc) is 3.26. The molecule has 1 saturated heterocycles. The highest BCUT2D eigenvalue weighted by Gasteiger charge is 2.11. The van der Waals surface area contributed by atoms with Crippen molar-refractivity contribution in [3.8, 4) is 5.75 Å². The molecule has 2 aromatic carbocycles. The largest absolute Gasteiger partial charge is 0.485 e. The number of para-hydroxylation sites is 1. The Hall–Kier alpha value is -3.30. The van der Waals surface area contributed by atoms with E-state index in [0.717, 1.165) is 50.7 Å². The first-order valence-corrected chi connectivity index (χ1v) is 10.4. The first-order chi connectivity index (χ1) is 15.2. The van der Waals surface area contributed by atoms with Crippen molar-refractivity contribution in [3.63, 3.8) is 0 Å². The molecule has 0 unspecified atom stereocenters. The Balaban J connectivity index is 1.21. The minimum Gasteiger partial charge on any atom is -0.485 e. The molecule has 0 aliphatic carbocycles. The molecule has 0 spiro atoms. The number of carbonyl (C=O) groups excluding carboxylic acids is 1. The van der Waals surface area contributed by atoms with E-state index in [2.05, 4.69) is 25.6 Å². The zero-order chi connectivity index (χ0) is 21.3. The average molecular weight is 422 g/mol. The number of hydrogen-bond donors (Lipinski definition) is 1. The molecule has 1 aliphatic rings. The molecular formula is C22H26N6O3. The summed E-state index contributed by atoms with van der Waals surface area (Å²) in [4.78, 5) is 16.0. The van der Waals surface area contributed by atoms with Crippen molar-refractivity contribution in [2.24, 2.45) is 0 Å². The van der Waals surface area contributed by atoms with Gasteiger partial charge in [-0.3, -0.25) is 9.69 Å². The minimum atomic E-state index is -0.214. The fraction of sp³-hybridized carbons (Fsp3) is 0.364. The van der Waals surface area contributed by atoms with Gasteiger partial charge >= 0.3 is 0 Å². The van der Waals surface area contributed by atoms with Gasteiger partial charge in [-0.1, -0.05) is 30.3 Å². The predicted molar refractivity (Wildman–Crippen MR) is 115 cm³/mol. The fourth-order valence-electron chi connectivity index (χ4n) is 3.26. The van der Waals surface area contributed by atoms with Crippen molar-refractivity contribution in [2.75, 3.05) is 38.2 Å². The van der Waals surface area contributed by atoms with Crippen molar-refractivity contribution < 1.29 is 14.3 Å². The lowest BCUT2D eigenvalue weighted by Crippen LogP contribution is -2.37. The molecule has 9 heteroatoms. The number of amides is 1. The van der Waals surface area contributed by atoms with Gasteiger partial charge in [-0.2, -0.15) is 4.80 Å². The van der Waals surface area contributed by atoms with E-state index in [1.54, 1.807) is 0 Å². The van der Waals surface area contributed by atoms with E-state index in [9.17, 15) is 4.79 Å². The van der Waals surface area contributed by atoms with Gasteiger partial charge in [-0.15, -0.1) is 10.2 Å². The number of carbonyl (C=O) groups is 1. The highest BCUT2D eigenvalue weighted by atomic mass is 16.5. The molecule has 1 fully saturated rings. The van der Waals surface area contributed by atoms with Gasteiger partial charge in [0.2, 0.25) is 11.7 Å². The van der Waals surface area contributed by atoms with Gasteiger partial charge < -0.3 is 14.8 Å². The van der Waals surface area contributed by atoms with Crippen LogP contribution in [0.2, 0.25) is 0 Å². The molecule has 31 heavy (non-hydrogen) atoms. The van der Waals surface area contributed by atoms with Crippen LogP contribution in [0.25, 0.3) is 0 Å². The number of tetrazole rings is 1. The number of benzene rings is 2. The van der Waals surface area contributed by atoms with E-state index in [4.69, 9.17) is 9.47 Å². The van der Waals surface area contributed by atoms with E-state index >= 15 is 0 Å². The summed E-state index contributed by atoms with van der Waals surface area (Å²) in [6, 6.07) is 17.3. The number of hydrogen-bond acceptors (Lipinski definition) is 7. The number of ether oxygens (including phenoxy) is 2. The molecule has 1 aromatic heterocycles. The van der Waals surface area contributed by atoms with Crippen LogP contribution >= 0.6 is 0 Å². The van der Waals surface area contributed by atoms with E-state index in [1.807, 2.05) is 54.6 Å². The molecule has 2 heterocycles. The van der Waals surface area contributed by atoms with Crippen LogP contribution in [0.3, 0.4) is 0 Å². The van der Waals surface area contributed by atoms with Crippen LogP contribution in [0.4, 0.5) is 5.69 Å².